The van der Waals surface area contributed by atoms with Gasteiger partial charge in [0.25, 0.3) is 10.0 Å². The summed E-state index contributed by atoms with van der Waals surface area (Å²) < 4.78 is 31.8. The number of aromatic nitrogens is 1. The molecule has 0 aliphatic rings. The van der Waals surface area contributed by atoms with Crippen LogP contribution in [0.4, 0.5) is 0 Å². The van der Waals surface area contributed by atoms with Crippen LogP contribution in [0.25, 0.3) is 0 Å². The number of hydrogen-bond acceptors (Lipinski definition) is 5. The van der Waals surface area contributed by atoms with E-state index in [1.165, 1.54) is 0 Å². The summed E-state index contributed by atoms with van der Waals surface area (Å²) >= 11 is 0.692. The Balaban J connectivity index is 2.02. The van der Waals surface area contributed by atoms with Crippen molar-refractivity contribution in [3.63, 3.8) is 0 Å². The second kappa shape index (κ2) is 6.42. The van der Waals surface area contributed by atoms with E-state index in [9.17, 15) is 13.2 Å². The smallest absolute Gasteiger partial charge is 0.305 e. The fourth-order valence-electron chi connectivity index (χ4n) is 1.87. The number of nitrogens with one attached hydrogen (secondary N) is 2. The Hall–Kier alpha value is -1.64. The van der Waals surface area contributed by atoms with Crippen LogP contribution in [-0.4, -0.2) is 27.1 Å². The first-order valence-corrected chi connectivity index (χ1v) is 8.54. The van der Waals surface area contributed by atoms with Gasteiger partial charge in [-0.25, -0.2) is 13.1 Å². The summed E-state index contributed by atoms with van der Waals surface area (Å²) in [6.45, 7) is 1.82. The van der Waals surface area contributed by atoms with Crippen molar-refractivity contribution in [2.45, 2.75) is 17.6 Å². The fraction of sp³-hybridized carbons (Fsp3) is 0.308. The van der Waals surface area contributed by atoms with E-state index in [4.69, 9.17) is 4.74 Å². The number of H-pyrrole nitrogens is 1. The summed E-state index contributed by atoms with van der Waals surface area (Å²) in [7, 11) is -2.07. The molecule has 2 N–H and O–H groups in total. The number of aryl methyl sites for hydroxylation is 1. The summed E-state index contributed by atoms with van der Waals surface area (Å²) in [5, 5.41) is 0. The minimum Gasteiger partial charge on any atom is -0.497 e. The predicted octanol–water partition coefficient (Wildman–Crippen LogP) is 1.27. The van der Waals surface area contributed by atoms with Crippen molar-refractivity contribution in [1.82, 2.24) is 9.71 Å². The van der Waals surface area contributed by atoms with Crippen LogP contribution in [0.5, 0.6) is 5.75 Å². The van der Waals surface area contributed by atoms with Gasteiger partial charge in [-0.15, -0.1) is 0 Å². The normalized spacial score (nSPS) is 11.5. The van der Waals surface area contributed by atoms with E-state index in [-0.39, 0.29) is 15.6 Å². The Kier molecular flexibility index (Phi) is 4.81. The van der Waals surface area contributed by atoms with Crippen LogP contribution in [0.1, 0.15) is 11.3 Å². The van der Waals surface area contributed by atoms with Crippen molar-refractivity contribution in [2.24, 2.45) is 0 Å². The van der Waals surface area contributed by atoms with Crippen LogP contribution in [-0.2, 0) is 16.4 Å². The number of rotatable bonds is 6. The summed E-state index contributed by atoms with van der Waals surface area (Å²) in [5.74, 6) is 0.732. The van der Waals surface area contributed by atoms with E-state index in [1.807, 2.05) is 24.3 Å². The van der Waals surface area contributed by atoms with Gasteiger partial charge in [-0.05, 0) is 31.0 Å². The molecule has 0 aliphatic carbocycles. The molecular weight excluding hydrogens is 312 g/mol. The molecule has 0 unspecified atom stereocenters. The zero-order chi connectivity index (χ0) is 15.5. The van der Waals surface area contributed by atoms with E-state index in [1.54, 1.807) is 14.0 Å². The number of thiazole rings is 1. The maximum atomic E-state index is 12.1. The van der Waals surface area contributed by atoms with Crippen LogP contribution in [0.3, 0.4) is 0 Å². The minimum atomic E-state index is -3.65. The third-order valence-electron chi connectivity index (χ3n) is 2.87. The lowest BCUT2D eigenvalue weighted by atomic mass is 10.1. The van der Waals surface area contributed by atoms with Crippen LogP contribution in [0, 0.1) is 6.92 Å². The highest BCUT2D eigenvalue weighted by Crippen LogP contribution is 2.16. The van der Waals surface area contributed by atoms with Gasteiger partial charge in [0, 0.05) is 12.2 Å². The van der Waals surface area contributed by atoms with Gasteiger partial charge in [-0.3, -0.25) is 4.79 Å². The van der Waals surface area contributed by atoms with E-state index in [0.29, 0.717) is 23.5 Å². The molecule has 0 fully saturated rings. The quantitative estimate of drug-likeness (QED) is 0.836. The zero-order valence-corrected chi connectivity index (χ0v) is 13.3. The molecular formula is C13H16N2O4S2. The average Bonchev–Trinajstić information content (AvgIpc) is 2.78. The van der Waals surface area contributed by atoms with Gasteiger partial charge in [-0.2, -0.15) is 0 Å². The van der Waals surface area contributed by atoms with Gasteiger partial charge in [0.1, 0.15) is 5.75 Å². The third kappa shape index (κ3) is 3.93. The minimum absolute atomic E-state index is 0.0399. The molecule has 8 heteroatoms. The molecule has 0 radical (unpaired) electrons. The van der Waals surface area contributed by atoms with E-state index in [2.05, 4.69) is 9.71 Å². The van der Waals surface area contributed by atoms with Crippen LogP contribution in [0.15, 0.2) is 33.3 Å². The summed E-state index contributed by atoms with van der Waals surface area (Å²) in [5.41, 5.74) is 1.33. The lowest BCUT2D eigenvalue weighted by molar-refractivity contribution is 0.414. The van der Waals surface area contributed by atoms with Gasteiger partial charge in [0.05, 0.1) is 7.11 Å². The maximum absolute atomic E-state index is 12.1. The molecule has 6 nitrogen and oxygen atoms in total. The molecule has 1 aromatic carbocycles. The highest BCUT2D eigenvalue weighted by Gasteiger charge is 2.19. The van der Waals surface area contributed by atoms with Crippen molar-refractivity contribution in [2.75, 3.05) is 13.7 Å². The highest BCUT2D eigenvalue weighted by molar-refractivity contribution is 7.91. The second-order valence-corrected chi connectivity index (χ2v) is 7.37. The van der Waals surface area contributed by atoms with Crippen molar-refractivity contribution in [3.05, 3.63) is 45.2 Å². The molecule has 0 bridgehead atoms. The van der Waals surface area contributed by atoms with E-state index >= 15 is 0 Å². The van der Waals surface area contributed by atoms with Crippen molar-refractivity contribution < 1.29 is 13.2 Å². The molecule has 1 aromatic heterocycles. The van der Waals surface area contributed by atoms with Crippen LogP contribution < -0.4 is 14.3 Å². The molecule has 2 aromatic rings. The molecule has 2 rings (SSSR count). The number of aromatic amines is 1. The Bertz CT molecular complexity index is 777. The first-order valence-electron chi connectivity index (χ1n) is 6.24. The van der Waals surface area contributed by atoms with Gasteiger partial charge in [0.2, 0.25) is 0 Å². The van der Waals surface area contributed by atoms with Gasteiger partial charge in [0.15, 0.2) is 4.21 Å². The first kappa shape index (κ1) is 15.7. The van der Waals surface area contributed by atoms with Crippen molar-refractivity contribution in [3.8, 4) is 5.75 Å². The number of hydrogen-bond donors (Lipinski definition) is 2. The SMILES string of the molecule is COc1cccc(CCNS(=O)(=O)c2sc(=O)[nH]c2C)c1. The summed E-state index contributed by atoms with van der Waals surface area (Å²) in [4.78, 5) is 13.3. The molecule has 114 valence electrons. The second-order valence-electron chi connectivity index (χ2n) is 4.43. The topological polar surface area (TPSA) is 88.3 Å². The monoisotopic (exact) mass is 328 g/mol. The van der Waals surface area contributed by atoms with Crippen LogP contribution >= 0.6 is 11.3 Å². The van der Waals surface area contributed by atoms with Crippen molar-refractivity contribution in [1.29, 1.82) is 0 Å². The number of sulfonamides is 1. The lowest BCUT2D eigenvalue weighted by Gasteiger charge is -2.07. The summed E-state index contributed by atoms with van der Waals surface area (Å²) in [6, 6.07) is 7.43. The van der Waals surface area contributed by atoms with E-state index in [0.717, 1.165) is 11.3 Å². The lowest BCUT2D eigenvalue weighted by Crippen LogP contribution is -2.25. The van der Waals surface area contributed by atoms with Gasteiger partial charge < -0.3 is 9.72 Å². The van der Waals surface area contributed by atoms with Crippen molar-refractivity contribution >= 4 is 21.4 Å². The maximum Gasteiger partial charge on any atom is 0.305 e. The molecule has 0 atom stereocenters. The van der Waals surface area contributed by atoms with Gasteiger partial charge >= 0.3 is 4.87 Å². The van der Waals surface area contributed by atoms with Gasteiger partial charge in [-0.1, -0.05) is 23.5 Å². The standard InChI is InChI=1S/C13H16N2O4S2/c1-9-12(20-13(16)15-9)21(17,18)14-7-6-10-4-3-5-11(8-10)19-2/h3-5,8,14H,6-7H2,1-2H3,(H,15,16). The molecule has 0 saturated carbocycles. The number of methoxy groups -OCH3 is 1. The molecule has 0 spiro atoms. The number of benzene rings is 1. The molecule has 21 heavy (non-hydrogen) atoms. The zero-order valence-electron chi connectivity index (χ0n) is 11.7. The van der Waals surface area contributed by atoms with E-state index < -0.39 is 10.0 Å². The third-order valence-corrected chi connectivity index (χ3v) is 5.93. The molecule has 0 saturated heterocycles. The Morgan fingerprint density at radius 3 is 2.76 bits per heavy atom. The molecule has 0 amide bonds. The first-order chi connectivity index (χ1) is 9.92. The Morgan fingerprint density at radius 2 is 2.14 bits per heavy atom. The summed E-state index contributed by atoms with van der Waals surface area (Å²) in [6.07, 6.45) is 0.537. The average molecular weight is 328 g/mol. The number of ether oxygens (including phenoxy) is 1. The predicted molar refractivity (Wildman–Crippen MR) is 81.6 cm³/mol. The highest BCUT2D eigenvalue weighted by atomic mass is 32.2. The Labute approximate surface area is 126 Å². The molecule has 0 aliphatic heterocycles. The van der Waals surface area contributed by atoms with Crippen LogP contribution in [0.2, 0.25) is 0 Å². The largest absolute Gasteiger partial charge is 0.497 e. The molecule has 1 heterocycles. The fourth-order valence-corrected chi connectivity index (χ4v) is 4.25. The Morgan fingerprint density at radius 1 is 1.38 bits per heavy atom.